The fourth-order valence-electron chi connectivity index (χ4n) is 2.71. The Balaban J connectivity index is 1.93. The summed E-state index contributed by atoms with van der Waals surface area (Å²) >= 11 is 0. The Morgan fingerprint density at radius 1 is 1.00 bits per heavy atom. The maximum Gasteiger partial charge on any atom is 0.277 e. The number of benzene rings is 2. The van der Waals surface area contributed by atoms with Crippen LogP contribution < -0.4 is 18.9 Å². The molecule has 0 fully saturated rings. The molecule has 0 spiro atoms. The van der Waals surface area contributed by atoms with E-state index in [0.717, 1.165) is 5.56 Å². The number of carbonyl (C=O) groups excluding carboxylic acids is 1. The highest BCUT2D eigenvalue weighted by atomic mass is 16.6. The maximum absolute atomic E-state index is 12.7. The van der Waals surface area contributed by atoms with Gasteiger partial charge < -0.3 is 24.1 Å². The third-order valence-electron chi connectivity index (χ3n) is 3.96. The monoisotopic (exact) mass is 330 g/mol. The molecule has 0 saturated heterocycles. The smallest absolute Gasteiger partial charge is 0.277 e. The Morgan fingerprint density at radius 3 is 2.25 bits per heavy atom. The molecule has 1 aliphatic rings. The SMILES string of the molecule is COc1ccc(CC2(O)Oc3cc(OC)cc(OC)c3C2=O)cc1. The lowest BCUT2D eigenvalue weighted by Gasteiger charge is -2.20. The molecule has 0 saturated carbocycles. The van der Waals surface area contributed by atoms with Gasteiger partial charge in [0.15, 0.2) is 0 Å². The summed E-state index contributed by atoms with van der Waals surface area (Å²) in [4.78, 5) is 12.7. The van der Waals surface area contributed by atoms with Crippen molar-refractivity contribution in [3.8, 4) is 23.0 Å². The maximum atomic E-state index is 12.7. The molecule has 1 unspecified atom stereocenters. The molecule has 0 radical (unpaired) electrons. The molecule has 0 aliphatic carbocycles. The number of ether oxygens (including phenoxy) is 4. The molecule has 0 aromatic heterocycles. The van der Waals surface area contributed by atoms with E-state index >= 15 is 0 Å². The minimum Gasteiger partial charge on any atom is -0.497 e. The minimum atomic E-state index is -1.98. The fraction of sp³-hybridized carbons (Fsp3) is 0.278. The Kier molecular flexibility index (Phi) is 4.07. The van der Waals surface area contributed by atoms with E-state index in [4.69, 9.17) is 18.9 Å². The Labute approximate surface area is 139 Å². The van der Waals surface area contributed by atoms with E-state index in [1.165, 1.54) is 14.2 Å². The molecule has 1 heterocycles. The van der Waals surface area contributed by atoms with Gasteiger partial charge in [0.2, 0.25) is 5.78 Å². The van der Waals surface area contributed by atoms with E-state index in [-0.39, 0.29) is 17.7 Å². The van der Waals surface area contributed by atoms with Crippen molar-refractivity contribution in [1.29, 1.82) is 0 Å². The van der Waals surface area contributed by atoms with Crippen molar-refractivity contribution in [1.82, 2.24) is 0 Å². The zero-order chi connectivity index (χ0) is 17.3. The predicted molar refractivity (Wildman–Crippen MR) is 86.2 cm³/mol. The van der Waals surface area contributed by atoms with Gasteiger partial charge in [0.1, 0.15) is 28.6 Å². The van der Waals surface area contributed by atoms with Crippen molar-refractivity contribution in [2.45, 2.75) is 12.2 Å². The molecule has 1 atom stereocenters. The zero-order valence-corrected chi connectivity index (χ0v) is 13.7. The molecule has 1 aliphatic heterocycles. The summed E-state index contributed by atoms with van der Waals surface area (Å²) in [6.07, 6.45) is 0.00990. The first-order valence-corrected chi connectivity index (χ1v) is 7.36. The second-order valence-corrected chi connectivity index (χ2v) is 5.44. The molecule has 126 valence electrons. The Morgan fingerprint density at radius 2 is 1.67 bits per heavy atom. The van der Waals surface area contributed by atoms with Crippen LogP contribution in [0.3, 0.4) is 0 Å². The summed E-state index contributed by atoms with van der Waals surface area (Å²) in [7, 11) is 4.52. The molecule has 1 N–H and O–H groups in total. The van der Waals surface area contributed by atoms with E-state index in [2.05, 4.69) is 0 Å². The topological polar surface area (TPSA) is 74.2 Å². The summed E-state index contributed by atoms with van der Waals surface area (Å²) in [5.41, 5.74) is 0.958. The van der Waals surface area contributed by atoms with Crippen LogP contribution in [0.5, 0.6) is 23.0 Å². The van der Waals surface area contributed by atoms with Crippen LogP contribution in [0.1, 0.15) is 15.9 Å². The number of carbonyl (C=O) groups is 1. The number of hydrogen-bond acceptors (Lipinski definition) is 6. The second-order valence-electron chi connectivity index (χ2n) is 5.44. The molecule has 2 aromatic carbocycles. The largest absolute Gasteiger partial charge is 0.497 e. The number of fused-ring (bicyclic) bond motifs is 1. The molecular weight excluding hydrogens is 312 g/mol. The Bertz CT molecular complexity index is 768. The summed E-state index contributed by atoms with van der Waals surface area (Å²) in [6, 6.07) is 10.2. The molecule has 0 bridgehead atoms. The normalized spacial score (nSPS) is 18.8. The van der Waals surface area contributed by atoms with Crippen LogP contribution in [-0.4, -0.2) is 38.0 Å². The molecule has 6 nitrogen and oxygen atoms in total. The number of rotatable bonds is 5. The molecular formula is C18H18O6. The van der Waals surface area contributed by atoms with Gasteiger partial charge in [0.25, 0.3) is 5.79 Å². The Hall–Kier alpha value is -2.73. The van der Waals surface area contributed by atoms with Crippen molar-refractivity contribution < 1.29 is 28.8 Å². The molecule has 3 rings (SSSR count). The van der Waals surface area contributed by atoms with Gasteiger partial charge in [-0.3, -0.25) is 4.79 Å². The van der Waals surface area contributed by atoms with E-state index in [1.54, 1.807) is 43.5 Å². The van der Waals surface area contributed by atoms with Crippen molar-refractivity contribution in [3.63, 3.8) is 0 Å². The molecule has 6 heteroatoms. The number of aliphatic hydroxyl groups is 1. The first-order chi connectivity index (χ1) is 11.5. The van der Waals surface area contributed by atoms with Crippen LogP contribution in [0.4, 0.5) is 0 Å². The third-order valence-corrected chi connectivity index (χ3v) is 3.96. The highest BCUT2D eigenvalue weighted by Crippen LogP contribution is 2.43. The van der Waals surface area contributed by atoms with Crippen molar-refractivity contribution in [2.24, 2.45) is 0 Å². The van der Waals surface area contributed by atoms with Crippen molar-refractivity contribution in [3.05, 3.63) is 47.5 Å². The summed E-state index contributed by atoms with van der Waals surface area (Å²) in [5, 5.41) is 10.7. The summed E-state index contributed by atoms with van der Waals surface area (Å²) in [6.45, 7) is 0. The van der Waals surface area contributed by atoms with Crippen LogP contribution >= 0.6 is 0 Å². The van der Waals surface area contributed by atoms with Gasteiger partial charge in [-0.25, -0.2) is 0 Å². The van der Waals surface area contributed by atoms with E-state index in [1.807, 2.05) is 0 Å². The van der Waals surface area contributed by atoms with Crippen molar-refractivity contribution in [2.75, 3.05) is 21.3 Å². The number of Topliss-reactive ketones (excluding diaryl/α,β-unsaturated/α-hetero) is 1. The average Bonchev–Trinajstić information content (AvgIpc) is 2.85. The van der Waals surface area contributed by atoms with Crippen molar-refractivity contribution >= 4 is 5.78 Å². The van der Waals surface area contributed by atoms with Gasteiger partial charge in [-0.05, 0) is 17.7 Å². The van der Waals surface area contributed by atoms with E-state index in [0.29, 0.717) is 17.2 Å². The number of hydrogen-bond donors (Lipinski definition) is 1. The van der Waals surface area contributed by atoms with Gasteiger partial charge in [-0.15, -0.1) is 0 Å². The summed E-state index contributed by atoms with van der Waals surface area (Å²) < 4.78 is 21.1. The zero-order valence-electron chi connectivity index (χ0n) is 13.7. The quantitative estimate of drug-likeness (QED) is 0.906. The lowest BCUT2D eigenvalue weighted by atomic mass is 9.98. The fourth-order valence-corrected chi connectivity index (χ4v) is 2.71. The van der Waals surface area contributed by atoms with E-state index in [9.17, 15) is 9.90 Å². The van der Waals surface area contributed by atoms with Crippen LogP contribution in [0.15, 0.2) is 36.4 Å². The van der Waals surface area contributed by atoms with Crippen LogP contribution in [-0.2, 0) is 6.42 Å². The van der Waals surface area contributed by atoms with Gasteiger partial charge in [0.05, 0.1) is 21.3 Å². The third kappa shape index (κ3) is 2.65. The molecule has 2 aromatic rings. The first kappa shape index (κ1) is 16.1. The average molecular weight is 330 g/mol. The second kappa shape index (κ2) is 6.05. The standard InChI is InChI=1S/C18H18O6/c1-21-12-6-4-11(5-7-12)10-18(20)17(19)16-14(23-3)8-13(22-2)9-15(16)24-18/h4-9,20H,10H2,1-3H3. The lowest BCUT2D eigenvalue weighted by molar-refractivity contribution is -0.0889. The van der Waals surface area contributed by atoms with Crippen LogP contribution in [0.25, 0.3) is 0 Å². The molecule has 0 amide bonds. The number of ketones is 1. The van der Waals surface area contributed by atoms with Crippen LogP contribution in [0.2, 0.25) is 0 Å². The van der Waals surface area contributed by atoms with Crippen LogP contribution in [0, 0.1) is 0 Å². The number of methoxy groups -OCH3 is 3. The summed E-state index contributed by atoms with van der Waals surface area (Å²) in [5.74, 6) is -0.789. The van der Waals surface area contributed by atoms with E-state index < -0.39 is 11.6 Å². The molecule has 24 heavy (non-hydrogen) atoms. The highest BCUT2D eigenvalue weighted by molar-refractivity contribution is 6.08. The predicted octanol–water partition coefficient (Wildman–Crippen LogP) is 2.22. The first-order valence-electron chi connectivity index (χ1n) is 7.36. The highest BCUT2D eigenvalue weighted by Gasteiger charge is 2.48. The lowest BCUT2D eigenvalue weighted by Crippen LogP contribution is -2.42. The minimum absolute atomic E-state index is 0.00990. The van der Waals surface area contributed by atoms with Gasteiger partial charge in [-0.2, -0.15) is 0 Å². The van der Waals surface area contributed by atoms with Gasteiger partial charge >= 0.3 is 0 Å². The van der Waals surface area contributed by atoms with Gasteiger partial charge in [0, 0.05) is 18.6 Å². The van der Waals surface area contributed by atoms with Gasteiger partial charge in [-0.1, -0.05) is 12.1 Å².